The van der Waals surface area contributed by atoms with Gasteiger partial charge in [0, 0.05) is 6.42 Å². The number of phenolic OH excluding ortho intramolecular Hbond substituents is 1. The third-order valence-electron chi connectivity index (χ3n) is 6.17. The molecule has 1 saturated heterocycles. The Balaban J connectivity index is 1.37. The summed E-state index contributed by atoms with van der Waals surface area (Å²) < 4.78 is 5.58. The predicted octanol–water partition coefficient (Wildman–Crippen LogP) is 2.16. The number of amides is 4. The highest BCUT2D eigenvalue weighted by Gasteiger charge is 2.39. The number of nitrogens with zero attached hydrogens (tertiary/aromatic N) is 3. The predicted molar refractivity (Wildman–Crippen MR) is 135 cm³/mol. The number of imide groups is 1. The molecule has 0 saturated carbocycles. The molecule has 11 nitrogen and oxygen atoms in total. The molecule has 0 bridgehead atoms. The second-order valence-electron chi connectivity index (χ2n) is 9.62. The number of hydrogen-bond acceptors (Lipinski definition) is 8. The SMILES string of the molecule is Cc1cccc(Cc2nnc(C(=O)[C@@H](NC(=O)CN3C(=O)N[C@H](Cc4ccc(O)cc4)C3=O)C(C)C)o2)c1. The first-order valence-electron chi connectivity index (χ1n) is 12.2. The second kappa shape index (κ2) is 11.2. The van der Waals surface area contributed by atoms with Crippen LogP contribution in [0.3, 0.4) is 0 Å². The number of rotatable bonds is 10. The standard InChI is InChI=1S/C27H29N5O6/c1-15(2)23(24(35)25-31-30-22(38-25)13-18-6-4-5-16(3)11-18)29-21(34)14-32-26(36)20(28-27(32)37)12-17-7-9-19(33)10-8-17/h4-11,15,20,23,33H,12-14H2,1-3H3,(H,28,37)(H,29,34)/t20-,23+/m1/s1. The highest BCUT2D eigenvalue weighted by molar-refractivity contribution is 6.07. The summed E-state index contributed by atoms with van der Waals surface area (Å²) in [5.41, 5.74) is 2.77. The summed E-state index contributed by atoms with van der Waals surface area (Å²) in [6.45, 7) is 4.91. The first-order chi connectivity index (χ1) is 18.1. The fourth-order valence-electron chi connectivity index (χ4n) is 4.18. The number of ketones is 1. The number of Topliss-reactive ketones (excluding diaryl/α,β-unsaturated/α-hetero) is 1. The van der Waals surface area contributed by atoms with Crippen LogP contribution in [0.1, 0.15) is 47.1 Å². The molecule has 4 rings (SSSR count). The van der Waals surface area contributed by atoms with E-state index in [9.17, 15) is 24.3 Å². The minimum atomic E-state index is -0.997. The van der Waals surface area contributed by atoms with Crippen LogP contribution < -0.4 is 10.6 Å². The Labute approximate surface area is 219 Å². The Bertz CT molecular complexity index is 1350. The molecule has 1 aliphatic heterocycles. The number of phenols is 1. The lowest BCUT2D eigenvalue weighted by Crippen LogP contribution is -2.49. The molecule has 2 atom stereocenters. The first kappa shape index (κ1) is 26.5. The zero-order valence-corrected chi connectivity index (χ0v) is 21.3. The van der Waals surface area contributed by atoms with Crippen LogP contribution in [-0.4, -0.2) is 62.5 Å². The number of hydrogen-bond donors (Lipinski definition) is 3. The molecule has 2 heterocycles. The zero-order chi connectivity index (χ0) is 27.4. The normalized spacial score (nSPS) is 16.0. The summed E-state index contributed by atoms with van der Waals surface area (Å²) in [6, 6.07) is 11.5. The molecule has 1 aromatic heterocycles. The number of carbonyl (C=O) groups excluding carboxylic acids is 4. The smallest absolute Gasteiger partial charge is 0.325 e. The van der Waals surface area contributed by atoms with Crippen LogP contribution in [0.4, 0.5) is 4.79 Å². The van der Waals surface area contributed by atoms with Crippen molar-refractivity contribution in [3.63, 3.8) is 0 Å². The lowest BCUT2D eigenvalue weighted by Gasteiger charge is -2.21. The average molecular weight is 520 g/mol. The number of aromatic hydroxyl groups is 1. The number of carbonyl (C=O) groups is 4. The zero-order valence-electron chi connectivity index (χ0n) is 21.3. The van der Waals surface area contributed by atoms with Gasteiger partial charge >= 0.3 is 6.03 Å². The molecular formula is C27H29N5O6. The highest BCUT2D eigenvalue weighted by atomic mass is 16.4. The van der Waals surface area contributed by atoms with Crippen LogP contribution in [-0.2, 0) is 22.4 Å². The molecule has 1 fully saturated rings. The van der Waals surface area contributed by atoms with Gasteiger partial charge in [0.15, 0.2) is 0 Å². The van der Waals surface area contributed by atoms with Gasteiger partial charge in [-0.15, -0.1) is 10.2 Å². The van der Waals surface area contributed by atoms with Gasteiger partial charge in [-0.05, 0) is 36.1 Å². The third kappa shape index (κ3) is 6.23. The van der Waals surface area contributed by atoms with Crippen LogP contribution in [0.15, 0.2) is 52.9 Å². The second-order valence-corrected chi connectivity index (χ2v) is 9.62. The molecule has 0 aliphatic carbocycles. The van der Waals surface area contributed by atoms with E-state index in [-0.39, 0.29) is 29.9 Å². The van der Waals surface area contributed by atoms with E-state index in [0.717, 1.165) is 21.6 Å². The van der Waals surface area contributed by atoms with E-state index in [1.807, 2.05) is 31.2 Å². The molecule has 1 aliphatic rings. The Morgan fingerprint density at radius 1 is 1.11 bits per heavy atom. The molecule has 3 N–H and O–H groups in total. The van der Waals surface area contributed by atoms with Gasteiger partial charge in [-0.3, -0.25) is 19.3 Å². The molecule has 0 unspecified atom stereocenters. The maximum absolute atomic E-state index is 13.1. The molecular weight excluding hydrogens is 490 g/mol. The quantitative estimate of drug-likeness (QED) is 0.272. The topological polar surface area (TPSA) is 155 Å². The summed E-state index contributed by atoms with van der Waals surface area (Å²) >= 11 is 0. The largest absolute Gasteiger partial charge is 0.508 e. The maximum atomic E-state index is 13.1. The van der Waals surface area contributed by atoms with E-state index >= 15 is 0 Å². The van der Waals surface area contributed by atoms with Gasteiger partial charge in [0.05, 0.1) is 12.5 Å². The lowest BCUT2D eigenvalue weighted by molar-refractivity contribution is -0.132. The van der Waals surface area contributed by atoms with Gasteiger partial charge in [-0.25, -0.2) is 4.79 Å². The van der Waals surface area contributed by atoms with Crippen LogP contribution in [0.2, 0.25) is 0 Å². The lowest BCUT2D eigenvalue weighted by atomic mass is 9.99. The number of nitrogens with one attached hydrogen (secondary N) is 2. The average Bonchev–Trinajstić information content (AvgIpc) is 3.43. The fourth-order valence-corrected chi connectivity index (χ4v) is 4.18. The van der Waals surface area contributed by atoms with E-state index in [1.54, 1.807) is 26.0 Å². The summed E-state index contributed by atoms with van der Waals surface area (Å²) in [5.74, 6) is -1.98. The Kier molecular flexibility index (Phi) is 7.85. The summed E-state index contributed by atoms with van der Waals surface area (Å²) in [6.07, 6.45) is 0.566. The van der Waals surface area contributed by atoms with Crippen molar-refractivity contribution in [3.8, 4) is 5.75 Å². The van der Waals surface area contributed by atoms with Crippen molar-refractivity contribution < 1.29 is 28.7 Å². The van der Waals surface area contributed by atoms with E-state index in [0.29, 0.717) is 6.42 Å². The minimum absolute atomic E-state index is 0.0890. The summed E-state index contributed by atoms with van der Waals surface area (Å²) in [7, 11) is 0. The van der Waals surface area contributed by atoms with Crippen molar-refractivity contribution in [1.29, 1.82) is 0 Å². The van der Waals surface area contributed by atoms with Crippen LogP contribution in [0, 0.1) is 12.8 Å². The molecule has 38 heavy (non-hydrogen) atoms. The van der Waals surface area contributed by atoms with E-state index in [2.05, 4.69) is 20.8 Å². The molecule has 198 valence electrons. The van der Waals surface area contributed by atoms with Crippen LogP contribution in [0.25, 0.3) is 0 Å². The highest BCUT2D eigenvalue weighted by Crippen LogP contribution is 2.17. The van der Waals surface area contributed by atoms with E-state index in [4.69, 9.17) is 4.42 Å². The van der Waals surface area contributed by atoms with E-state index in [1.165, 1.54) is 12.1 Å². The molecule has 4 amide bonds. The summed E-state index contributed by atoms with van der Waals surface area (Å²) in [4.78, 5) is 51.9. The summed E-state index contributed by atoms with van der Waals surface area (Å²) in [5, 5.41) is 22.4. The van der Waals surface area contributed by atoms with Gasteiger partial charge in [0.1, 0.15) is 18.3 Å². The van der Waals surface area contributed by atoms with Crippen molar-refractivity contribution in [1.82, 2.24) is 25.7 Å². The molecule has 0 radical (unpaired) electrons. The third-order valence-corrected chi connectivity index (χ3v) is 6.17. The molecule has 2 aromatic carbocycles. The van der Waals surface area contributed by atoms with Crippen molar-refractivity contribution in [2.75, 3.05) is 6.54 Å². The number of aromatic nitrogens is 2. The Morgan fingerprint density at radius 3 is 2.53 bits per heavy atom. The van der Waals surface area contributed by atoms with Crippen molar-refractivity contribution >= 4 is 23.6 Å². The molecule has 11 heteroatoms. The van der Waals surface area contributed by atoms with E-state index < -0.39 is 42.3 Å². The Hall–Kier alpha value is -4.54. The Morgan fingerprint density at radius 2 is 1.84 bits per heavy atom. The van der Waals surface area contributed by atoms with Crippen molar-refractivity contribution in [3.05, 3.63) is 77.0 Å². The fraction of sp³-hybridized carbons (Fsp3) is 0.333. The van der Waals surface area contributed by atoms with Crippen molar-refractivity contribution in [2.24, 2.45) is 5.92 Å². The van der Waals surface area contributed by atoms with Crippen LogP contribution >= 0.6 is 0 Å². The van der Waals surface area contributed by atoms with Gasteiger partial charge in [0.25, 0.3) is 11.8 Å². The van der Waals surface area contributed by atoms with Crippen molar-refractivity contribution in [2.45, 2.75) is 45.7 Å². The number of aryl methyl sites for hydroxylation is 1. The molecule has 0 spiro atoms. The number of urea groups is 1. The van der Waals surface area contributed by atoms with Gasteiger partial charge in [-0.2, -0.15) is 0 Å². The monoisotopic (exact) mass is 519 g/mol. The first-order valence-corrected chi connectivity index (χ1v) is 12.2. The minimum Gasteiger partial charge on any atom is -0.508 e. The van der Waals surface area contributed by atoms with Gasteiger partial charge < -0.3 is 20.2 Å². The van der Waals surface area contributed by atoms with Crippen LogP contribution in [0.5, 0.6) is 5.75 Å². The van der Waals surface area contributed by atoms with Gasteiger partial charge in [-0.1, -0.05) is 55.8 Å². The maximum Gasteiger partial charge on any atom is 0.325 e. The van der Waals surface area contributed by atoms with Gasteiger partial charge in [0.2, 0.25) is 17.6 Å². The number of benzene rings is 2. The molecule has 3 aromatic rings.